The fraction of sp³-hybridized carbons (Fsp3) is 0.526. The van der Waals surface area contributed by atoms with Crippen LogP contribution in [0.25, 0.3) is 0 Å². The zero-order valence-corrected chi connectivity index (χ0v) is 14.3. The maximum atomic E-state index is 12.6. The fourth-order valence-electron chi connectivity index (χ4n) is 3.65. The molecule has 25 heavy (non-hydrogen) atoms. The molecule has 2 aliphatic heterocycles. The summed E-state index contributed by atoms with van der Waals surface area (Å²) in [6, 6.07) is 5.73. The lowest BCUT2D eigenvalue weighted by atomic mass is 10.1. The Kier molecular flexibility index (Phi) is 4.19. The average Bonchev–Trinajstić information content (AvgIpc) is 3.39. The number of carbonyl (C=O) groups excluding carboxylic acids is 3. The fourth-order valence-corrected chi connectivity index (χ4v) is 3.65. The van der Waals surface area contributed by atoms with Crippen molar-refractivity contribution in [3.63, 3.8) is 0 Å². The molecule has 1 N–H and O–H groups in total. The van der Waals surface area contributed by atoms with Crippen molar-refractivity contribution in [3.05, 3.63) is 29.3 Å². The number of hydrogen-bond donors (Lipinski definition) is 1. The molecule has 0 bridgehead atoms. The van der Waals surface area contributed by atoms with Crippen LogP contribution in [-0.2, 0) is 27.2 Å². The topological polar surface area (TPSA) is 69.7 Å². The summed E-state index contributed by atoms with van der Waals surface area (Å²) >= 11 is 0. The zero-order valence-electron chi connectivity index (χ0n) is 14.3. The maximum absolute atomic E-state index is 12.6. The molecule has 1 saturated heterocycles. The molecule has 2 fully saturated rings. The minimum atomic E-state index is 0.00594. The highest BCUT2D eigenvalue weighted by atomic mass is 16.2. The molecule has 3 aliphatic rings. The van der Waals surface area contributed by atoms with E-state index in [0.29, 0.717) is 32.5 Å². The number of anilines is 1. The number of fused-ring (bicyclic) bond motifs is 1. The van der Waals surface area contributed by atoms with Crippen molar-refractivity contribution in [1.29, 1.82) is 0 Å². The van der Waals surface area contributed by atoms with Gasteiger partial charge >= 0.3 is 0 Å². The van der Waals surface area contributed by atoms with Gasteiger partial charge in [-0.05, 0) is 36.5 Å². The number of rotatable bonds is 3. The second kappa shape index (κ2) is 6.50. The number of benzene rings is 1. The van der Waals surface area contributed by atoms with Gasteiger partial charge < -0.3 is 15.1 Å². The third-order valence-corrected chi connectivity index (χ3v) is 5.24. The van der Waals surface area contributed by atoms with Gasteiger partial charge in [0.1, 0.15) is 0 Å². The van der Waals surface area contributed by atoms with E-state index in [4.69, 9.17) is 0 Å². The summed E-state index contributed by atoms with van der Waals surface area (Å²) in [7, 11) is 0. The van der Waals surface area contributed by atoms with Crippen molar-refractivity contribution in [2.45, 2.75) is 32.1 Å². The SMILES string of the molecule is O=C1Cc2cc(CC(=O)N3CCCN(C(=O)C4CC4)CC3)ccc2N1. The molecule has 6 heteroatoms. The van der Waals surface area contributed by atoms with Crippen LogP contribution in [0.4, 0.5) is 5.69 Å². The van der Waals surface area contributed by atoms with Gasteiger partial charge in [-0.2, -0.15) is 0 Å². The first kappa shape index (κ1) is 16.1. The summed E-state index contributed by atoms with van der Waals surface area (Å²) in [4.78, 5) is 40.1. The number of nitrogens with one attached hydrogen (secondary N) is 1. The third-order valence-electron chi connectivity index (χ3n) is 5.24. The van der Waals surface area contributed by atoms with E-state index in [1.807, 2.05) is 28.0 Å². The van der Waals surface area contributed by atoms with Crippen molar-refractivity contribution in [3.8, 4) is 0 Å². The molecule has 0 atom stereocenters. The van der Waals surface area contributed by atoms with Crippen molar-refractivity contribution in [1.82, 2.24) is 9.80 Å². The number of amides is 3. The first-order chi connectivity index (χ1) is 12.1. The van der Waals surface area contributed by atoms with Gasteiger partial charge in [-0.1, -0.05) is 12.1 Å². The Morgan fingerprint density at radius 2 is 1.84 bits per heavy atom. The van der Waals surface area contributed by atoms with Crippen LogP contribution in [0.5, 0.6) is 0 Å². The summed E-state index contributed by atoms with van der Waals surface area (Å²) < 4.78 is 0. The average molecular weight is 341 g/mol. The van der Waals surface area contributed by atoms with Crippen LogP contribution in [0.2, 0.25) is 0 Å². The molecule has 1 saturated carbocycles. The van der Waals surface area contributed by atoms with Crippen molar-refractivity contribution in [2.75, 3.05) is 31.5 Å². The van der Waals surface area contributed by atoms with Gasteiger partial charge in [0.05, 0.1) is 12.8 Å². The lowest BCUT2D eigenvalue weighted by Gasteiger charge is -2.22. The summed E-state index contributed by atoms with van der Waals surface area (Å²) in [5.74, 6) is 0.611. The first-order valence-corrected chi connectivity index (χ1v) is 9.08. The van der Waals surface area contributed by atoms with Gasteiger partial charge in [0.15, 0.2) is 0 Å². The van der Waals surface area contributed by atoms with E-state index in [2.05, 4.69) is 5.32 Å². The molecule has 0 spiro atoms. The van der Waals surface area contributed by atoms with Crippen LogP contribution < -0.4 is 5.32 Å². The second-order valence-corrected chi connectivity index (χ2v) is 7.23. The third kappa shape index (κ3) is 3.52. The van der Waals surface area contributed by atoms with Gasteiger partial charge in [0, 0.05) is 37.8 Å². The normalized spacial score (nSPS) is 20.1. The van der Waals surface area contributed by atoms with Crippen molar-refractivity contribution in [2.24, 2.45) is 5.92 Å². The second-order valence-electron chi connectivity index (χ2n) is 7.23. The van der Waals surface area contributed by atoms with Gasteiger partial charge in [0.2, 0.25) is 17.7 Å². The Labute approximate surface area is 147 Å². The zero-order chi connectivity index (χ0) is 17.4. The molecular weight excluding hydrogens is 318 g/mol. The van der Waals surface area contributed by atoms with Gasteiger partial charge in [0.25, 0.3) is 0 Å². The van der Waals surface area contributed by atoms with Crippen molar-refractivity contribution < 1.29 is 14.4 Å². The molecule has 4 rings (SSSR count). The molecule has 1 aromatic carbocycles. The van der Waals surface area contributed by atoms with E-state index in [1.165, 1.54) is 0 Å². The predicted molar refractivity (Wildman–Crippen MR) is 93.0 cm³/mol. The van der Waals surface area contributed by atoms with E-state index < -0.39 is 0 Å². The smallest absolute Gasteiger partial charge is 0.228 e. The Morgan fingerprint density at radius 1 is 1.08 bits per heavy atom. The summed E-state index contributed by atoms with van der Waals surface area (Å²) in [6.45, 7) is 2.72. The van der Waals surface area contributed by atoms with E-state index in [9.17, 15) is 14.4 Å². The lowest BCUT2D eigenvalue weighted by molar-refractivity contribution is -0.134. The van der Waals surface area contributed by atoms with Gasteiger partial charge in [-0.3, -0.25) is 14.4 Å². The van der Waals surface area contributed by atoms with Crippen LogP contribution in [0.3, 0.4) is 0 Å². The van der Waals surface area contributed by atoms with E-state index in [0.717, 1.165) is 42.6 Å². The van der Waals surface area contributed by atoms with Crippen LogP contribution in [0.1, 0.15) is 30.4 Å². The summed E-state index contributed by atoms with van der Waals surface area (Å²) in [5.41, 5.74) is 2.76. The number of carbonyl (C=O) groups is 3. The highest BCUT2D eigenvalue weighted by molar-refractivity contribution is 5.99. The Morgan fingerprint density at radius 3 is 2.64 bits per heavy atom. The number of hydrogen-bond acceptors (Lipinski definition) is 3. The van der Waals surface area contributed by atoms with E-state index in [-0.39, 0.29) is 23.6 Å². The van der Waals surface area contributed by atoms with Crippen LogP contribution in [-0.4, -0.2) is 53.7 Å². The van der Waals surface area contributed by atoms with Gasteiger partial charge in [-0.15, -0.1) is 0 Å². The Bertz CT molecular complexity index is 727. The molecule has 1 aromatic rings. The maximum Gasteiger partial charge on any atom is 0.228 e. The van der Waals surface area contributed by atoms with Gasteiger partial charge in [-0.25, -0.2) is 0 Å². The molecule has 6 nitrogen and oxygen atoms in total. The van der Waals surface area contributed by atoms with Crippen LogP contribution >= 0.6 is 0 Å². The highest BCUT2D eigenvalue weighted by Crippen LogP contribution is 2.31. The molecule has 0 aromatic heterocycles. The number of nitrogens with zero attached hydrogens (tertiary/aromatic N) is 2. The van der Waals surface area contributed by atoms with Crippen molar-refractivity contribution >= 4 is 23.4 Å². The first-order valence-electron chi connectivity index (χ1n) is 9.08. The van der Waals surface area contributed by atoms with E-state index >= 15 is 0 Å². The molecule has 0 unspecified atom stereocenters. The Hall–Kier alpha value is -2.37. The molecule has 0 radical (unpaired) electrons. The largest absolute Gasteiger partial charge is 0.341 e. The molecule has 1 aliphatic carbocycles. The van der Waals surface area contributed by atoms with Crippen LogP contribution in [0, 0.1) is 5.92 Å². The summed E-state index contributed by atoms with van der Waals surface area (Å²) in [6.07, 6.45) is 3.62. The molecule has 2 heterocycles. The lowest BCUT2D eigenvalue weighted by Crippen LogP contribution is -2.38. The highest BCUT2D eigenvalue weighted by Gasteiger charge is 2.34. The molecule has 132 valence electrons. The standard InChI is InChI=1S/C19H23N3O3/c23-17-12-15-10-13(2-5-16(15)20-17)11-18(24)21-6-1-7-22(9-8-21)19(25)14-3-4-14/h2,5,10,14H,1,3-4,6-9,11-12H2,(H,20,23). The minimum Gasteiger partial charge on any atom is -0.341 e. The monoisotopic (exact) mass is 341 g/mol. The minimum absolute atomic E-state index is 0.00594. The molecule has 3 amide bonds. The predicted octanol–water partition coefficient (Wildman–Crippen LogP) is 1.19. The van der Waals surface area contributed by atoms with E-state index in [1.54, 1.807) is 0 Å². The Balaban J connectivity index is 1.36. The molecular formula is C19H23N3O3. The summed E-state index contributed by atoms with van der Waals surface area (Å²) in [5, 5.41) is 2.81. The van der Waals surface area contributed by atoms with Crippen LogP contribution in [0.15, 0.2) is 18.2 Å². The quantitative estimate of drug-likeness (QED) is 0.898.